The van der Waals surface area contributed by atoms with E-state index in [0.29, 0.717) is 6.54 Å². The number of fused-ring (bicyclic) bond motifs is 1. The van der Waals surface area contributed by atoms with E-state index < -0.39 is 35.8 Å². The van der Waals surface area contributed by atoms with Crippen molar-refractivity contribution in [1.29, 1.82) is 0 Å². The van der Waals surface area contributed by atoms with Gasteiger partial charge in [-0.1, -0.05) is 31.2 Å². The lowest BCUT2D eigenvalue weighted by Crippen LogP contribution is -2.42. The highest BCUT2D eigenvalue weighted by molar-refractivity contribution is 6.01. The van der Waals surface area contributed by atoms with Crippen LogP contribution in [-0.4, -0.2) is 23.0 Å². The van der Waals surface area contributed by atoms with Gasteiger partial charge in [-0.15, -0.1) is 0 Å². The van der Waals surface area contributed by atoms with Crippen LogP contribution in [0.3, 0.4) is 0 Å². The van der Waals surface area contributed by atoms with Crippen LogP contribution in [0.2, 0.25) is 0 Å². The summed E-state index contributed by atoms with van der Waals surface area (Å²) in [5.41, 5.74) is 1.64. The number of ketones is 1. The lowest BCUT2D eigenvalue weighted by Gasteiger charge is -2.26. The van der Waals surface area contributed by atoms with Crippen LogP contribution >= 0.6 is 0 Å². The average Bonchev–Trinajstić information content (AvgIpc) is 2.80. The van der Waals surface area contributed by atoms with E-state index in [4.69, 9.17) is 5.11 Å². The van der Waals surface area contributed by atoms with E-state index in [9.17, 15) is 22.8 Å². The number of Topliss-reactive ketones (excluding diaryl/α,β-unsaturated/α-hetero) is 1. The number of carbonyl (C=O) groups excluding carboxylic acids is 1. The molecule has 3 atom stereocenters. The highest BCUT2D eigenvalue weighted by atomic mass is 19.4. The number of aliphatic carboxylic acids is 1. The van der Waals surface area contributed by atoms with E-state index in [-0.39, 0.29) is 0 Å². The molecule has 0 aromatic heterocycles. The molecule has 1 aromatic carbocycles. The van der Waals surface area contributed by atoms with E-state index in [1.807, 2.05) is 6.07 Å². The van der Waals surface area contributed by atoms with Gasteiger partial charge in [-0.2, -0.15) is 13.2 Å². The van der Waals surface area contributed by atoms with Crippen molar-refractivity contribution < 1.29 is 27.9 Å². The first-order valence-electron chi connectivity index (χ1n) is 6.38. The monoisotopic (exact) mass is 301 g/mol. The van der Waals surface area contributed by atoms with Crippen molar-refractivity contribution in [1.82, 2.24) is 5.32 Å². The Morgan fingerprint density at radius 3 is 2.52 bits per heavy atom. The fourth-order valence-electron chi connectivity index (χ4n) is 2.74. The molecule has 2 N–H and O–H groups in total. The van der Waals surface area contributed by atoms with Crippen LogP contribution in [-0.2, 0) is 16.1 Å². The van der Waals surface area contributed by atoms with Gasteiger partial charge in [-0.25, -0.2) is 0 Å². The second-order valence-electron chi connectivity index (χ2n) is 5.09. The molecule has 114 valence electrons. The number of carboxylic acid groups (broad SMARTS) is 1. The molecule has 1 aromatic rings. The van der Waals surface area contributed by atoms with Crippen LogP contribution in [0.25, 0.3) is 0 Å². The van der Waals surface area contributed by atoms with Gasteiger partial charge in [0.15, 0.2) is 0 Å². The average molecular weight is 301 g/mol. The molecule has 0 amide bonds. The number of rotatable bonds is 4. The molecule has 2 rings (SSSR count). The summed E-state index contributed by atoms with van der Waals surface area (Å²) in [5.74, 6) is -7.10. The second kappa shape index (κ2) is 5.48. The van der Waals surface area contributed by atoms with E-state index in [0.717, 1.165) is 11.1 Å². The number of hydrogen-bond acceptors (Lipinski definition) is 3. The third kappa shape index (κ3) is 2.92. The third-order valence-electron chi connectivity index (χ3n) is 3.78. The molecular weight excluding hydrogens is 287 g/mol. The highest BCUT2D eigenvalue weighted by Gasteiger charge is 2.50. The molecule has 0 saturated carbocycles. The number of benzene rings is 1. The zero-order chi connectivity index (χ0) is 15.8. The Morgan fingerprint density at radius 2 is 1.95 bits per heavy atom. The highest BCUT2D eigenvalue weighted by Crippen LogP contribution is 2.37. The minimum Gasteiger partial charge on any atom is -0.481 e. The topological polar surface area (TPSA) is 66.4 Å². The van der Waals surface area contributed by atoms with Crippen molar-refractivity contribution in [3.8, 4) is 0 Å². The van der Waals surface area contributed by atoms with E-state index in [2.05, 4.69) is 5.32 Å². The number of hydrogen-bond donors (Lipinski definition) is 2. The molecule has 1 heterocycles. The zero-order valence-corrected chi connectivity index (χ0v) is 11.1. The molecule has 1 aliphatic heterocycles. The normalized spacial score (nSPS) is 20.7. The quantitative estimate of drug-likeness (QED) is 0.838. The lowest BCUT2D eigenvalue weighted by atomic mass is 9.82. The van der Waals surface area contributed by atoms with Gasteiger partial charge >= 0.3 is 12.1 Å². The maximum atomic E-state index is 12.6. The summed E-state index contributed by atoms with van der Waals surface area (Å²) >= 11 is 0. The van der Waals surface area contributed by atoms with Crippen LogP contribution in [0.1, 0.15) is 24.1 Å². The van der Waals surface area contributed by atoms with Crippen molar-refractivity contribution in [3.63, 3.8) is 0 Å². The number of alkyl halides is 3. The van der Waals surface area contributed by atoms with Crippen LogP contribution in [0.15, 0.2) is 24.3 Å². The standard InChI is InChI=1S/C14H14F3NO3/c1-7(10(13(20)21)12(19)14(15,16)17)11-9-5-3-2-4-8(9)6-18-11/h2-5,7,10-11,18H,6H2,1H3,(H,20,21). The Hall–Kier alpha value is -1.89. The van der Waals surface area contributed by atoms with Gasteiger partial charge in [-0.3, -0.25) is 9.59 Å². The summed E-state index contributed by atoms with van der Waals surface area (Å²) < 4.78 is 37.7. The van der Waals surface area contributed by atoms with E-state index in [1.165, 1.54) is 6.92 Å². The first-order chi connectivity index (χ1) is 9.73. The van der Waals surface area contributed by atoms with Gasteiger partial charge in [0, 0.05) is 12.6 Å². The summed E-state index contributed by atoms with van der Waals surface area (Å²) in [6, 6.07) is 6.48. The predicted octanol–water partition coefficient (Wildman–Crippen LogP) is 2.30. The number of carboxylic acids is 1. The molecule has 3 unspecified atom stereocenters. The van der Waals surface area contributed by atoms with Gasteiger partial charge in [0.05, 0.1) is 0 Å². The third-order valence-corrected chi connectivity index (χ3v) is 3.78. The molecule has 0 aliphatic carbocycles. The Bertz CT molecular complexity index is 571. The van der Waals surface area contributed by atoms with Crippen molar-refractivity contribution in [2.75, 3.05) is 0 Å². The van der Waals surface area contributed by atoms with Gasteiger partial charge in [0.2, 0.25) is 0 Å². The van der Waals surface area contributed by atoms with Gasteiger partial charge in [-0.05, 0) is 17.0 Å². The van der Waals surface area contributed by atoms with Crippen molar-refractivity contribution in [3.05, 3.63) is 35.4 Å². The summed E-state index contributed by atoms with van der Waals surface area (Å²) in [6.07, 6.45) is -5.16. The Balaban J connectivity index is 2.31. The molecule has 0 saturated heterocycles. The maximum absolute atomic E-state index is 12.6. The van der Waals surface area contributed by atoms with Crippen LogP contribution in [0.4, 0.5) is 13.2 Å². The zero-order valence-electron chi connectivity index (χ0n) is 11.1. The predicted molar refractivity (Wildman–Crippen MR) is 67.4 cm³/mol. The summed E-state index contributed by atoms with van der Waals surface area (Å²) in [7, 11) is 0. The molecule has 4 nitrogen and oxygen atoms in total. The number of halogens is 3. The number of carbonyl (C=O) groups is 2. The molecule has 0 bridgehead atoms. The van der Waals surface area contributed by atoms with Gasteiger partial charge < -0.3 is 10.4 Å². The Morgan fingerprint density at radius 1 is 1.33 bits per heavy atom. The van der Waals surface area contributed by atoms with Crippen molar-refractivity contribution in [2.24, 2.45) is 11.8 Å². The summed E-state index contributed by atoms with van der Waals surface area (Å²) in [6.45, 7) is 1.79. The van der Waals surface area contributed by atoms with Crippen molar-refractivity contribution >= 4 is 11.8 Å². The minimum absolute atomic E-state index is 0.442. The molecule has 1 aliphatic rings. The fraction of sp³-hybridized carbons (Fsp3) is 0.429. The van der Waals surface area contributed by atoms with Gasteiger partial charge in [0.1, 0.15) is 5.92 Å². The molecular formula is C14H14F3NO3. The van der Waals surface area contributed by atoms with Crippen molar-refractivity contribution in [2.45, 2.75) is 25.7 Å². The fourth-order valence-corrected chi connectivity index (χ4v) is 2.74. The maximum Gasteiger partial charge on any atom is 0.450 e. The summed E-state index contributed by atoms with van der Waals surface area (Å²) in [5, 5.41) is 12.0. The summed E-state index contributed by atoms with van der Waals surface area (Å²) in [4.78, 5) is 22.5. The Kier molecular flexibility index (Phi) is 4.04. The van der Waals surface area contributed by atoms with E-state index in [1.54, 1.807) is 18.2 Å². The van der Waals surface area contributed by atoms with Crippen LogP contribution < -0.4 is 5.32 Å². The second-order valence-corrected chi connectivity index (χ2v) is 5.09. The smallest absolute Gasteiger partial charge is 0.450 e. The number of nitrogens with one attached hydrogen (secondary N) is 1. The lowest BCUT2D eigenvalue weighted by molar-refractivity contribution is -0.182. The Labute approximate surface area is 119 Å². The van der Waals surface area contributed by atoms with Crippen LogP contribution in [0, 0.1) is 11.8 Å². The molecule has 21 heavy (non-hydrogen) atoms. The largest absolute Gasteiger partial charge is 0.481 e. The SMILES string of the molecule is CC(C(C(=O)O)C(=O)C(F)(F)F)C1NCc2ccccc21. The van der Waals surface area contributed by atoms with E-state index >= 15 is 0 Å². The molecule has 7 heteroatoms. The first kappa shape index (κ1) is 15.5. The van der Waals surface area contributed by atoms with Crippen LogP contribution in [0.5, 0.6) is 0 Å². The molecule has 0 radical (unpaired) electrons. The first-order valence-corrected chi connectivity index (χ1v) is 6.38. The van der Waals surface area contributed by atoms with Gasteiger partial charge in [0.25, 0.3) is 5.78 Å². The molecule has 0 fully saturated rings. The minimum atomic E-state index is -5.16. The molecule has 0 spiro atoms.